The van der Waals surface area contributed by atoms with Crippen molar-refractivity contribution in [1.29, 1.82) is 0 Å². The summed E-state index contributed by atoms with van der Waals surface area (Å²) in [7, 11) is 0. The normalized spacial score (nSPS) is 13.9. The van der Waals surface area contributed by atoms with Gasteiger partial charge in [0, 0.05) is 18.4 Å². The largest absolute Gasteiger partial charge is 2.00 e. The van der Waals surface area contributed by atoms with Crippen LogP contribution in [0.25, 0.3) is 50.4 Å². The van der Waals surface area contributed by atoms with Crippen LogP contribution in [-0.2, 0) is 33.1 Å². The Hall–Kier alpha value is -5.02. The SMILES string of the molecule is C=Cc1c(C)c2cc3nc(cc4[n-]c(cc5nc(cc1[n-]2)C(C)=C5CCC(=O)O)c(CCC(=O)O)c4C)C(C)=C3C(O)CC/C=C/CC/C=C/CC/C=C(\C)C(C)C.[Fe+2]. The van der Waals surface area contributed by atoms with Gasteiger partial charge in [-0.1, -0.05) is 103 Å². The summed E-state index contributed by atoms with van der Waals surface area (Å²) in [6, 6.07) is 7.57. The molecule has 3 aromatic rings. The van der Waals surface area contributed by atoms with Crippen molar-refractivity contribution in [3.8, 4) is 0 Å². The zero-order chi connectivity index (χ0) is 42.1. The third-order valence-electron chi connectivity index (χ3n) is 11.3. The van der Waals surface area contributed by atoms with Crippen LogP contribution in [0.15, 0.2) is 66.8 Å². The van der Waals surface area contributed by atoms with E-state index in [0.717, 1.165) is 70.2 Å². The maximum Gasteiger partial charge on any atom is 2.00 e. The molecule has 0 fully saturated rings. The van der Waals surface area contributed by atoms with E-state index in [1.54, 1.807) is 6.08 Å². The number of hydrogen-bond acceptors (Lipinski definition) is 5. The average Bonchev–Trinajstić information content (AvgIpc) is 3.84. The fraction of sp³-hybridized carbons (Fsp3) is 0.388. The van der Waals surface area contributed by atoms with Crippen LogP contribution in [0, 0.1) is 19.8 Å². The van der Waals surface area contributed by atoms with Gasteiger partial charge in [0.05, 0.1) is 28.9 Å². The Morgan fingerprint density at radius 3 is 1.88 bits per heavy atom. The number of rotatable bonds is 18. The number of carboxylic acid groups (broad SMARTS) is 2. The van der Waals surface area contributed by atoms with Gasteiger partial charge in [0.2, 0.25) is 0 Å². The molecule has 3 aromatic heterocycles. The Morgan fingerprint density at radius 1 is 0.712 bits per heavy atom. The molecule has 8 bridgehead atoms. The molecule has 0 spiro atoms. The van der Waals surface area contributed by atoms with Gasteiger partial charge in [0.15, 0.2) is 0 Å². The Balaban J connectivity index is 0.00000769. The van der Waals surface area contributed by atoms with Gasteiger partial charge in [-0.05, 0) is 114 Å². The average molecular weight is 839 g/mol. The van der Waals surface area contributed by atoms with Gasteiger partial charge >= 0.3 is 29.0 Å². The first-order valence-corrected chi connectivity index (χ1v) is 20.5. The van der Waals surface area contributed by atoms with Gasteiger partial charge in [0.1, 0.15) is 0 Å². The van der Waals surface area contributed by atoms with Crippen LogP contribution in [0.2, 0.25) is 0 Å². The number of aliphatic hydroxyl groups excluding tert-OH is 1. The van der Waals surface area contributed by atoms with E-state index in [1.165, 1.54) is 5.57 Å². The standard InChI is InChI=1S/C49H60N4O5.Fe/c1-9-35-31(5)40-27-45-49(46(54)20-18-16-14-12-10-11-13-15-17-19-30(4)29(2)3)34(8)41(53-45)25-38-32(6)36(21-23-47(55)56)43(51-38)28-44-37(22-24-48(57)58)33(7)39(52-44)26-42(35)50-40;/h9,11,13-14,16,19,25-29,46,54H,1,10,12,15,17-18,20-24H2,2-8H3,(H4,50,51,52,53,55,56,57,58);/q;+2/p-2/b13-11+,16-14+,30-19+,38-25?,39-26?,40-27?,41-25?,42-26?,43-28?,44-28?,45-27?;. The number of aliphatic hydroxyl groups is 1. The molecule has 0 aliphatic carbocycles. The third kappa shape index (κ3) is 11.6. The summed E-state index contributed by atoms with van der Waals surface area (Å²) in [4.78, 5) is 43.5. The van der Waals surface area contributed by atoms with Crippen molar-refractivity contribution in [2.75, 3.05) is 0 Å². The fourth-order valence-corrected chi connectivity index (χ4v) is 7.48. The molecule has 59 heavy (non-hydrogen) atoms. The molecule has 1 unspecified atom stereocenters. The van der Waals surface area contributed by atoms with Crippen LogP contribution in [0.4, 0.5) is 0 Å². The zero-order valence-electron chi connectivity index (χ0n) is 35.5. The van der Waals surface area contributed by atoms with Crippen LogP contribution in [0.5, 0.6) is 0 Å². The molecule has 3 N–H and O–H groups in total. The van der Waals surface area contributed by atoms with E-state index in [-0.39, 0.29) is 42.8 Å². The summed E-state index contributed by atoms with van der Waals surface area (Å²) < 4.78 is 0. The fourth-order valence-electron chi connectivity index (χ4n) is 7.48. The Bertz CT molecular complexity index is 2390. The predicted molar refractivity (Wildman–Crippen MR) is 237 cm³/mol. The van der Waals surface area contributed by atoms with Gasteiger partial charge < -0.3 is 25.3 Å². The van der Waals surface area contributed by atoms with Crippen molar-refractivity contribution in [2.45, 2.75) is 119 Å². The second kappa shape index (κ2) is 21.3. The maximum absolute atomic E-state index is 11.8. The van der Waals surface area contributed by atoms with Gasteiger partial charge in [-0.25, -0.2) is 9.97 Å². The van der Waals surface area contributed by atoms with Crippen molar-refractivity contribution in [2.24, 2.45) is 5.92 Å². The summed E-state index contributed by atoms with van der Waals surface area (Å²) in [5.41, 5.74) is 13.2. The summed E-state index contributed by atoms with van der Waals surface area (Å²) in [5.74, 6) is -1.23. The zero-order valence-corrected chi connectivity index (χ0v) is 36.6. The summed E-state index contributed by atoms with van der Waals surface area (Å²) >= 11 is 0. The smallest absolute Gasteiger partial charge is 0.657 e. The minimum atomic E-state index is -0.915. The number of aromatic nitrogens is 4. The number of nitrogens with zero attached hydrogens (tertiary/aromatic N) is 4. The molecule has 0 saturated heterocycles. The number of carbonyl (C=O) groups is 2. The van der Waals surface area contributed by atoms with Gasteiger partial charge in [-0.2, -0.15) is 0 Å². The Kier molecular flexibility index (Phi) is 16.8. The van der Waals surface area contributed by atoms with Crippen LogP contribution >= 0.6 is 0 Å². The number of carboxylic acids is 2. The molecule has 2 aliphatic heterocycles. The van der Waals surface area contributed by atoms with Crippen LogP contribution < -0.4 is 9.97 Å². The van der Waals surface area contributed by atoms with Gasteiger partial charge in [-0.15, -0.1) is 22.1 Å². The minimum Gasteiger partial charge on any atom is -0.657 e. The molecule has 10 heteroatoms. The van der Waals surface area contributed by atoms with Crippen molar-refractivity contribution >= 4 is 62.4 Å². The molecule has 312 valence electrons. The predicted octanol–water partition coefficient (Wildman–Crippen LogP) is 11.0. The van der Waals surface area contributed by atoms with E-state index in [2.05, 4.69) is 57.7 Å². The van der Waals surface area contributed by atoms with Crippen molar-refractivity contribution in [3.63, 3.8) is 0 Å². The van der Waals surface area contributed by atoms with Crippen molar-refractivity contribution in [3.05, 3.63) is 112 Å². The van der Waals surface area contributed by atoms with E-state index in [4.69, 9.17) is 19.9 Å². The number of hydrogen-bond donors (Lipinski definition) is 3. The van der Waals surface area contributed by atoms with E-state index >= 15 is 0 Å². The molecule has 2 aliphatic rings. The second-order valence-corrected chi connectivity index (χ2v) is 15.7. The summed E-state index contributed by atoms with van der Waals surface area (Å²) in [6.45, 7) is 18.5. The first-order chi connectivity index (χ1) is 27.7. The molecule has 5 heterocycles. The molecule has 0 radical (unpaired) electrons. The van der Waals surface area contributed by atoms with Crippen LogP contribution in [-0.4, -0.2) is 43.3 Å². The number of unbranched alkanes of at least 4 members (excludes halogenated alkanes) is 2. The summed E-state index contributed by atoms with van der Waals surface area (Å²) in [6.07, 6.45) is 17.8. The molecular weight excluding hydrogens is 780 g/mol. The Morgan fingerprint density at radius 2 is 1.24 bits per heavy atom. The topological polar surface area (TPSA) is 149 Å². The van der Waals surface area contributed by atoms with E-state index < -0.39 is 18.0 Å². The van der Waals surface area contributed by atoms with E-state index in [9.17, 15) is 24.9 Å². The molecule has 0 saturated carbocycles. The number of allylic oxidation sites excluding steroid dienone is 9. The van der Waals surface area contributed by atoms with Crippen LogP contribution in [0.1, 0.15) is 137 Å². The quantitative estimate of drug-likeness (QED) is 0.0646. The second-order valence-electron chi connectivity index (χ2n) is 15.7. The van der Waals surface area contributed by atoms with Gasteiger partial charge in [-0.3, -0.25) is 9.59 Å². The van der Waals surface area contributed by atoms with Crippen molar-refractivity contribution in [1.82, 2.24) is 19.9 Å². The number of aliphatic carboxylic acids is 2. The minimum absolute atomic E-state index is 0. The van der Waals surface area contributed by atoms with E-state index in [1.807, 2.05) is 52.0 Å². The number of aryl methyl sites for hydroxylation is 3. The molecule has 0 amide bonds. The molecular formula is C49H58FeN4O5. The van der Waals surface area contributed by atoms with E-state index in [0.29, 0.717) is 63.6 Å². The first kappa shape index (κ1) is 46.7. The molecule has 9 nitrogen and oxygen atoms in total. The monoisotopic (exact) mass is 838 g/mol. The molecule has 5 rings (SSSR count). The molecule has 1 atom stereocenters. The maximum atomic E-state index is 11.8. The number of fused-ring (bicyclic) bond motifs is 8. The van der Waals surface area contributed by atoms with Crippen LogP contribution in [0.3, 0.4) is 0 Å². The Labute approximate surface area is 359 Å². The van der Waals surface area contributed by atoms with Crippen molar-refractivity contribution < 1.29 is 42.0 Å². The first-order valence-electron chi connectivity index (χ1n) is 20.5. The summed E-state index contributed by atoms with van der Waals surface area (Å²) in [5, 5.41) is 31.0. The van der Waals surface area contributed by atoms with Gasteiger partial charge in [0.25, 0.3) is 0 Å². The molecule has 0 aromatic carbocycles. The third-order valence-corrected chi connectivity index (χ3v) is 11.3.